The number of nitrogens with zero attached hydrogens (tertiary/aromatic N) is 4. The van der Waals surface area contributed by atoms with Gasteiger partial charge in [-0.05, 0) is 51.2 Å². The molecule has 4 heterocycles. The van der Waals surface area contributed by atoms with Crippen molar-refractivity contribution in [1.82, 2.24) is 25.0 Å². The van der Waals surface area contributed by atoms with Gasteiger partial charge < -0.3 is 10.2 Å². The van der Waals surface area contributed by atoms with Crippen molar-refractivity contribution >= 4 is 28.3 Å². The Balaban J connectivity index is 1.85. The maximum absolute atomic E-state index is 13.5. The van der Waals surface area contributed by atoms with Gasteiger partial charge in [-0.1, -0.05) is 6.07 Å². The lowest BCUT2D eigenvalue weighted by Crippen LogP contribution is -2.40. The molecule has 0 aromatic carbocycles. The van der Waals surface area contributed by atoms with Crippen molar-refractivity contribution in [1.29, 1.82) is 0 Å². The molecular formula is C20H25N5OS. The first-order chi connectivity index (χ1) is 13.1. The van der Waals surface area contributed by atoms with E-state index in [1.165, 1.54) is 0 Å². The second-order valence-corrected chi connectivity index (χ2v) is 8.25. The number of rotatable bonds is 5. The van der Waals surface area contributed by atoms with Crippen LogP contribution in [0.3, 0.4) is 0 Å². The number of nitrogens with one attached hydrogen (secondary N) is 1. The Hall–Kier alpha value is -2.25. The van der Waals surface area contributed by atoms with E-state index in [2.05, 4.69) is 24.3 Å². The molecular weight excluding hydrogens is 358 g/mol. The standard InChI is InChI=1S/C20H25N5OS/c1-13(2)25-19-16(12-22-25)15(10-17(23-19)18-7-5-9-27-18)20(26)24-8-4-6-14(24)11-21-3/h5,7,9-10,12-14,21H,4,6,8,11H2,1-3H3. The van der Waals surface area contributed by atoms with E-state index >= 15 is 0 Å². The number of carbonyl (C=O) groups excluding carboxylic acids is 1. The zero-order valence-electron chi connectivity index (χ0n) is 16.0. The van der Waals surface area contributed by atoms with Crippen LogP contribution in [0.15, 0.2) is 29.8 Å². The number of amides is 1. The molecule has 0 bridgehead atoms. The van der Waals surface area contributed by atoms with Crippen LogP contribution in [0.4, 0.5) is 0 Å². The molecule has 7 heteroatoms. The van der Waals surface area contributed by atoms with Crippen LogP contribution in [0.1, 0.15) is 43.1 Å². The van der Waals surface area contributed by atoms with Crippen molar-refractivity contribution in [3.8, 4) is 10.6 Å². The quantitative estimate of drug-likeness (QED) is 0.732. The van der Waals surface area contributed by atoms with E-state index < -0.39 is 0 Å². The molecule has 1 saturated heterocycles. The molecule has 1 atom stereocenters. The highest BCUT2D eigenvalue weighted by atomic mass is 32.1. The van der Waals surface area contributed by atoms with Gasteiger partial charge >= 0.3 is 0 Å². The fourth-order valence-corrected chi connectivity index (χ4v) is 4.52. The molecule has 6 nitrogen and oxygen atoms in total. The number of likely N-dealkylation sites (N-methyl/N-ethyl adjacent to an activating group) is 1. The van der Waals surface area contributed by atoms with Crippen molar-refractivity contribution in [2.24, 2.45) is 0 Å². The predicted octanol–water partition coefficient (Wildman–Crippen LogP) is 3.56. The van der Waals surface area contributed by atoms with Crippen LogP contribution in [0, 0.1) is 0 Å². The third kappa shape index (κ3) is 3.26. The second kappa shape index (κ2) is 7.40. The van der Waals surface area contributed by atoms with Crippen LogP contribution >= 0.6 is 11.3 Å². The SMILES string of the molecule is CNCC1CCCN1C(=O)c1cc(-c2cccs2)nc2c1cnn2C(C)C. The van der Waals surface area contributed by atoms with Gasteiger partial charge in [-0.2, -0.15) is 5.10 Å². The summed E-state index contributed by atoms with van der Waals surface area (Å²) in [4.78, 5) is 21.4. The van der Waals surface area contributed by atoms with E-state index in [1.807, 2.05) is 40.2 Å². The molecule has 4 rings (SSSR count). The van der Waals surface area contributed by atoms with Crippen molar-refractivity contribution < 1.29 is 4.79 Å². The number of hydrogen-bond donors (Lipinski definition) is 1. The van der Waals surface area contributed by atoms with Crippen LogP contribution in [-0.2, 0) is 0 Å². The van der Waals surface area contributed by atoms with Crippen molar-refractivity contribution in [2.45, 2.75) is 38.8 Å². The zero-order chi connectivity index (χ0) is 19.0. The molecule has 0 aliphatic carbocycles. The molecule has 3 aromatic rings. The maximum Gasteiger partial charge on any atom is 0.255 e. The van der Waals surface area contributed by atoms with Gasteiger partial charge in [0, 0.05) is 25.2 Å². The number of fused-ring (bicyclic) bond motifs is 1. The first-order valence-corrected chi connectivity index (χ1v) is 10.4. The Morgan fingerprint density at radius 1 is 1.44 bits per heavy atom. The summed E-state index contributed by atoms with van der Waals surface area (Å²) in [5.74, 6) is 0.0845. The summed E-state index contributed by atoms with van der Waals surface area (Å²) >= 11 is 1.64. The van der Waals surface area contributed by atoms with Crippen LogP contribution in [0.2, 0.25) is 0 Å². The van der Waals surface area contributed by atoms with E-state index in [9.17, 15) is 4.79 Å². The summed E-state index contributed by atoms with van der Waals surface area (Å²) in [5.41, 5.74) is 2.33. The van der Waals surface area contributed by atoms with Gasteiger partial charge in [0.1, 0.15) is 0 Å². The molecule has 1 unspecified atom stereocenters. The largest absolute Gasteiger partial charge is 0.334 e. The van der Waals surface area contributed by atoms with Crippen molar-refractivity contribution in [3.63, 3.8) is 0 Å². The predicted molar refractivity (Wildman–Crippen MR) is 109 cm³/mol. The molecule has 1 aliphatic heterocycles. The van der Waals surface area contributed by atoms with E-state index in [0.717, 1.165) is 47.5 Å². The Morgan fingerprint density at radius 3 is 3.00 bits per heavy atom. The Bertz CT molecular complexity index is 947. The van der Waals surface area contributed by atoms with Gasteiger partial charge in [0.05, 0.1) is 27.7 Å². The molecule has 0 radical (unpaired) electrons. The van der Waals surface area contributed by atoms with Crippen LogP contribution in [0.25, 0.3) is 21.6 Å². The van der Waals surface area contributed by atoms with Gasteiger partial charge in [0.15, 0.2) is 5.65 Å². The molecule has 27 heavy (non-hydrogen) atoms. The number of likely N-dealkylation sites (tertiary alicyclic amines) is 1. The molecule has 1 aliphatic rings. The van der Waals surface area contributed by atoms with Crippen LogP contribution in [0.5, 0.6) is 0 Å². The monoisotopic (exact) mass is 383 g/mol. The first kappa shape index (κ1) is 18.1. The lowest BCUT2D eigenvalue weighted by atomic mass is 10.1. The fraction of sp³-hybridized carbons (Fsp3) is 0.450. The van der Waals surface area contributed by atoms with E-state index in [1.54, 1.807) is 17.5 Å². The zero-order valence-corrected chi connectivity index (χ0v) is 16.8. The second-order valence-electron chi connectivity index (χ2n) is 7.30. The lowest BCUT2D eigenvalue weighted by molar-refractivity contribution is 0.0739. The maximum atomic E-state index is 13.5. The molecule has 3 aromatic heterocycles. The Labute approximate surface area is 163 Å². The molecule has 0 saturated carbocycles. The lowest BCUT2D eigenvalue weighted by Gasteiger charge is -2.25. The average molecular weight is 384 g/mol. The molecule has 142 valence electrons. The average Bonchev–Trinajstić information content (AvgIpc) is 3.40. The first-order valence-electron chi connectivity index (χ1n) is 9.48. The smallest absolute Gasteiger partial charge is 0.255 e. The summed E-state index contributed by atoms with van der Waals surface area (Å²) in [5, 5.41) is 10.6. The van der Waals surface area contributed by atoms with Crippen LogP contribution < -0.4 is 5.32 Å². The van der Waals surface area contributed by atoms with Crippen LogP contribution in [-0.4, -0.2) is 51.8 Å². The van der Waals surface area contributed by atoms with Gasteiger partial charge in [0.25, 0.3) is 5.91 Å². The molecule has 1 amide bonds. The summed E-state index contributed by atoms with van der Waals surface area (Å²) in [6.45, 7) is 5.79. The van der Waals surface area contributed by atoms with Crippen molar-refractivity contribution in [2.75, 3.05) is 20.1 Å². The third-order valence-electron chi connectivity index (χ3n) is 5.14. The minimum atomic E-state index is 0.0845. The number of aromatic nitrogens is 3. The molecule has 0 spiro atoms. The van der Waals surface area contributed by atoms with Gasteiger partial charge in [-0.3, -0.25) is 4.79 Å². The van der Waals surface area contributed by atoms with E-state index in [4.69, 9.17) is 4.98 Å². The van der Waals surface area contributed by atoms with Gasteiger partial charge in [-0.25, -0.2) is 9.67 Å². The topological polar surface area (TPSA) is 63.1 Å². The highest BCUT2D eigenvalue weighted by Gasteiger charge is 2.31. The third-order valence-corrected chi connectivity index (χ3v) is 6.03. The molecule has 1 N–H and O–H groups in total. The summed E-state index contributed by atoms with van der Waals surface area (Å²) < 4.78 is 1.90. The normalized spacial score (nSPS) is 17.3. The van der Waals surface area contributed by atoms with Gasteiger partial charge in [-0.15, -0.1) is 11.3 Å². The number of pyridine rings is 1. The summed E-state index contributed by atoms with van der Waals surface area (Å²) in [6, 6.07) is 6.42. The summed E-state index contributed by atoms with van der Waals surface area (Å²) in [7, 11) is 1.94. The fourth-order valence-electron chi connectivity index (χ4n) is 3.83. The number of hydrogen-bond acceptors (Lipinski definition) is 5. The van der Waals surface area contributed by atoms with E-state index in [0.29, 0.717) is 5.56 Å². The number of thiophene rings is 1. The Morgan fingerprint density at radius 2 is 2.30 bits per heavy atom. The number of carbonyl (C=O) groups is 1. The minimum Gasteiger partial charge on any atom is -0.334 e. The highest BCUT2D eigenvalue weighted by Crippen LogP contribution is 2.31. The minimum absolute atomic E-state index is 0.0845. The van der Waals surface area contributed by atoms with Gasteiger partial charge in [0.2, 0.25) is 0 Å². The Kier molecular flexibility index (Phi) is 4.97. The van der Waals surface area contributed by atoms with E-state index in [-0.39, 0.29) is 18.0 Å². The highest BCUT2D eigenvalue weighted by molar-refractivity contribution is 7.13. The van der Waals surface area contributed by atoms with Crippen molar-refractivity contribution in [3.05, 3.63) is 35.3 Å². The molecule has 1 fully saturated rings. The summed E-state index contributed by atoms with van der Waals surface area (Å²) in [6.07, 6.45) is 3.89.